The lowest BCUT2D eigenvalue weighted by atomic mass is 10.1. The van der Waals surface area contributed by atoms with Crippen LogP contribution in [0.4, 0.5) is 5.69 Å². The second-order valence-corrected chi connectivity index (χ2v) is 5.78. The minimum absolute atomic E-state index is 0.393. The van der Waals surface area contributed by atoms with Crippen molar-refractivity contribution in [1.29, 1.82) is 0 Å². The number of anilines is 1. The van der Waals surface area contributed by atoms with Crippen molar-refractivity contribution in [2.75, 3.05) is 18.0 Å². The van der Waals surface area contributed by atoms with E-state index >= 15 is 0 Å². The molecule has 1 heterocycles. The first-order valence-electron chi connectivity index (χ1n) is 8.26. The Hall–Kier alpha value is -1.09. The highest BCUT2D eigenvalue weighted by Crippen LogP contribution is 2.31. The third-order valence-corrected chi connectivity index (χ3v) is 3.96. The molecule has 3 heteroatoms. The second-order valence-electron chi connectivity index (χ2n) is 5.78. The van der Waals surface area contributed by atoms with Crippen LogP contribution < -0.4 is 10.2 Å². The molecule has 1 atom stereocenters. The summed E-state index contributed by atoms with van der Waals surface area (Å²) in [4.78, 5) is 7.24. The molecule has 0 aliphatic heterocycles. The summed E-state index contributed by atoms with van der Waals surface area (Å²) in [5.74, 6) is 0. The molecule has 112 valence electrons. The standard InChI is InChI=1S/C17H29N3/c1-4-11-18-16(6-3)17-10-9-15(13-19-17)20(12-5-2)14-7-8-14/h9-10,13-14,16,18H,4-8,11-12H2,1-3H3. The number of pyridine rings is 1. The summed E-state index contributed by atoms with van der Waals surface area (Å²) in [6.45, 7) is 8.88. The monoisotopic (exact) mass is 275 g/mol. The minimum atomic E-state index is 0.393. The van der Waals surface area contributed by atoms with E-state index in [1.54, 1.807) is 0 Å². The largest absolute Gasteiger partial charge is 0.367 e. The van der Waals surface area contributed by atoms with Crippen LogP contribution in [0.15, 0.2) is 18.3 Å². The van der Waals surface area contributed by atoms with Gasteiger partial charge in [-0.3, -0.25) is 4.98 Å². The van der Waals surface area contributed by atoms with Crippen LogP contribution in [-0.2, 0) is 0 Å². The topological polar surface area (TPSA) is 28.2 Å². The molecule has 1 aliphatic carbocycles. The predicted molar refractivity (Wildman–Crippen MR) is 86.2 cm³/mol. The molecule has 1 aromatic rings. The van der Waals surface area contributed by atoms with E-state index in [0.29, 0.717) is 6.04 Å². The number of nitrogens with one attached hydrogen (secondary N) is 1. The van der Waals surface area contributed by atoms with Gasteiger partial charge in [0.15, 0.2) is 0 Å². The third kappa shape index (κ3) is 3.95. The molecule has 1 N–H and O–H groups in total. The molecule has 0 bridgehead atoms. The normalized spacial score (nSPS) is 16.1. The lowest BCUT2D eigenvalue weighted by Crippen LogP contribution is -2.27. The summed E-state index contributed by atoms with van der Waals surface area (Å²) < 4.78 is 0. The van der Waals surface area contributed by atoms with Crippen molar-refractivity contribution < 1.29 is 0 Å². The Balaban J connectivity index is 2.03. The van der Waals surface area contributed by atoms with Gasteiger partial charge in [-0.25, -0.2) is 0 Å². The first-order valence-corrected chi connectivity index (χ1v) is 8.26. The molecule has 1 unspecified atom stereocenters. The maximum Gasteiger partial charge on any atom is 0.0574 e. The maximum absolute atomic E-state index is 4.71. The lowest BCUT2D eigenvalue weighted by Gasteiger charge is -2.24. The molecule has 2 rings (SSSR count). The molecule has 1 saturated carbocycles. The zero-order chi connectivity index (χ0) is 14.4. The molecule has 20 heavy (non-hydrogen) atoms. The van der Waals surface area contributed by atoms with Crippen molar-refractivity contribution in [3.8, 4) is 0 Å². The van der Waals surface area contributed by atoms with Crippen LogP contribution in [0.3, 0.4) is 0 Å². The van der Waals surface area contributed by atoms with Gasteiger partial charge >= 0.3 is 0 Å². The molecule has 0 radical (unpaired) electrons. The quantitative estimate of drug-likeness (QED) is 0.740. The molecule has 1 fully saturated rings. The van der Waals surface area contributed by atoms with Gasteiger partial charge in [-0.05, 0) is 50.8 Å². The van der Waals surface area contributed by atoms with Crippen LogP contribution in [0.1, 0.15) is 64.6 Å². The zero-order valence-corrected chi connectivity index (χ0v) is 13.2. The molecule has 1 aliphatic rings. The van der Waals surface area contributed by atoms with E-state index in [9.17, 15) is 0 Å². The summed E-state index contributed by atoms with van der Waals surface area (Å²) in [7, 11) is 0. The number of nitrogens with zero attached hydrogens (tertiary/aromatic N) is 2. The van der Waals surface area contributed by atoms with Gasteiger partial charge in [0, 0.05) is 18.6 Å². The van der Waals surface area contributed by atoms with Crippen molar-refractivity contribution in [3.63, 3.8) is 0 Å². The summed E-state index contributed by atoms with van der Waals surface area (Å²) in [5.41, 5.74) is 2.47. The number of rotatable bonds is 9. The fourth-order valence-corrected chi connectivity index (χ4v) is 2.70. The Morgan fingerprint density at radius 2 is 2.05 bits per heavy atom. The second kappa shape index (κ2) is 7.63. The Bertz CT molecular complexity index is 384. The van der Waals surface area contributed by atoms with Crippen molar-refractivity contribution in [1.82, 2.24) is 10.3 Å². The average Bonchev–Trinajstić information content (AvgIpc) is 3.31. The van der Waals surface area contributed by atoms with E-state index in [-0.39, 0.29) is 0 Å². The van der Waals surface area contributed by atoms with Gasteiger partial charge in [0.2, 0.25) is 0 Å². The number of hydrogen-bond acceptors (Lipinski definition) is 3. The first kappa shape index (κ1) is 15.3. The van der Waals surface area contributed by atoms with Gasteiger partial charge in [-0.15, -0.1) is 0 Å². The Morgan fingerprint density at radius 3 is 2.55 bits per heavy atom. The van der Waals surface area contributed by atoms with E-state index < -0.39 is 0 Å². The average molecular weight is 275 g/mol. The molecule has 1 aromatic heterocycles. The van der Waals surface area contributed by atoms with Crippen LogP contribution in [0, 0.1) is 0 Å². The van der Waals surface area contributed by atoms with E-state index in [2.05, 4.69) is 49.3 Å². The number of aromatic nitrogens is 1. The van der Waals surface area contributed by atoms with Crippen molar-refractivity contribution in [3.05, 3.63) is 24.0 Å². The Morgan fingerprint density at radius 1 is 1.25 bits per heavy atom. The van der Waals surface area contributed by atoms with E-state index in [4.69, 9.17) is 4.98 Å². The predicted octanol–water partition coefficient (Wildman–Crippen LogP) is 3.91. The molecule has 3 nitrogen and oxygen atoms in total. The third-order valence-electron chi connectivity index (χ3n) is 3.96. The SMILES string of the molecule is CCCNC(CC)c1ccc(N(CCC)C2CC2)cn1. The van der Waals surface area contributed by atoms with Crippen LogP contribution in [-0.4, -0.2) is 24.1 Å². The van der Waals surface area contributed by atoms with E-state index in [0.717, 1.165) is 25.6 Å². The van der Waals surface area contributed by atoms with Crippen molar-refractivity contribution in [2.24, 2.45) is 0 Å². The Labute approximate surface area is 123 Å². The van der Waals surface area contributed by atoms with Crippen LogP contribution in [0.25, 0.3) is 0 Å². The fraction of sp³-hybridized carbons (Fsp3) is 0.706. The number of hydrogen-bond donors (Lipinski definition) is 1. The summed E-state index contributed by atoms with van der Waals surface area (Å²) in [6.07, 6.45) is 8.22. The Kier molecular flexibility index (Phi) is 5.84. The van der Waals surface area contributed by atoms with Gasteiger partial charge in [-0.1, -0.05) is 20.8 Å². The van der Waals surface area contributed by atoms with Gasteiger partial charge < -0.3 is 10.2 Å². The molecule has 0 aromatic carbocycles. The summed E-state index contributed by atoms with van der Waals surface area (Å²) in [5, 5.41) is 3.57. The zero-order valence-electron chi connectivity index (χ0n) is 13.2. The van der Waals surface area contributed by atoms with Crippen LogP contribution in [0.2, 0.25) is 0 Å². The van der Waals surface area contributed by atoms with Gasteiger partial charge in [-0.2, -0.15) is 0 Å². The van der Waals surface area contributed by atoms with Crippen molar-refractivity contribution >= 4 is 5.69 Å². The maximum atomic E-state index is 4.71. The van der Waals surface area contributed by atoms with E-state index in [1.165, 1.54) is 37.1 Å². The smallest absolute Gasteiger partial charge is 0.0574 e. The highest BCUT2D eigenvalue weighted by Gasteiger charge is 2.28. The highest BCUT2D eigenvalue weighted by molar-refractivity contribution is 5.47. The summed E-state index contributed by atoms with van der Waals surface area (Å²) >= 11 is 0. The molecule has 0 amide bonds. The van der Waals surface area contributed by atoms with Crippen LogP contribution in [0.5, 0.6) is 0 Å². The van der Waals surface area contributed by atoms with Crippen LogP contribution >= 0.6 is 0 Å². The molecule has 0 spiro atoms. The molecular weight excluding hydrogens is 246 g/mol. The highest BCUT2D eigenvalue weighted by atomic mass is 15.2. The van der Waals surface area contributed by atoms with Gasteiger partial charge in [0.25, 0.3) is 0 Å². The fourth-order valence-electron chi connectivity index (χ4n) is 2.70. The minimum Gasteiger partial charge on any atom is -0.367 e. The molecule has 0 saturated heterocycles. The summed E-state index contributed by atoms with van der Waals surface area (Å²) in [6, 6.07) is 5.62. The van der Waals surface area contributed by atoms with E-state index in [1.807, 2.05) is 0 Å². The first-order chi connectivity index (χ1) is 9.80. The van der Waals surface area contributed by atoms with Gasteiger partial charge in [0.05, 0.1) is 17.6 Å². The lowest BCUT2D eigenvalue weighted by molar-refractivity contribution is 0.507. The van der Waals surface area contributed by atoms with Crippen molar-refractivity contribution in [2.45, 2.75) is 65.0 Å². The van der Waals surface area contributed by atoms with Gasteiger partial charge in [0.1, 0.15) is 0 Å². The molecular formula is C17H29N3.